The van der Waals surface area contributed by atoms with Crippen LogP contribution >= 0.6 is 11.8 Å². The van der Waals surface area contributed by atoms with E-state index in [1.54, 1.807) is 0 Å². The molecule has 1 aliphatic heterocycles. The van der Waals surface area contributed by atoms with Crippen LogP contribution in [0.4, 0.5) is 17.2 Å². The van der Waals surface area contributed by atoms with Gasteiger partial charge in [0, 0.05) is 30.5 Å². The van der Waals surface area contributed by atoms with Crippen molar-refractivity contribution in [2.24, 2.45) is 0 Å². The second-order valence-electron chi connectivity index (χ2n) is 5.36. The Hall–Kier alpha value is -1.95. The molecular formula is C16H20N4OS. The van der Waals surface area contributed by atoms with Gasteiger partial charge in [-0.2, -0.15) is 0 Å². The number of anilines is 3. The van der Waals surface area contributed by atoms with Gasteiger partial charge in [-0.25, -0.2) is 4.98 Å². The van der Waals surface area contributed by atoms with E-state index in [0.29, 0.717) is 11.0 Å². The van der Waals surface area contributed by atoms with E-state index >= 15 is 0 Å². The molecule has 1 fully saturated rings. The first-order valence-corrected chi connectivity index (χ1v) is 8.74. The molecule has 1 saturated heterocycles. The van der Waals surface area contributed by atoms with Crippen LogP contribution in [0.1, 0.15) is 19.3 Å². The van der Waals surface area contributed by atoms with Crippen LogP contribution < -0.4 is 15.8 Å². The van der Waals surface area contributed by atoms with Gasteiger partial charge in [-0.15, -0.1) is 0 Å². The third-order valence-corrected chi connectivity index (χ3v) is 4.35. The number of hydrogen-bond acceptors (Lipinski definition) is 5. The van der Waals surface area contributed by atoms with Crippen molar-refractivity contribution >= 4 is 29.0 Å². The Balaban J connectivity index is 1.73. The Morgan fingerprint density at radius 1 is 1.18 bits per heavy atom. The van der Waals surface area contributed by atoms with Gasteiger partial charge in [-0.05, 0) is 49.8 Å². The molecule has 0 bridgehead atoms. The minimum absolute atomic E-state index is 0.146. The van der Waals surface area contributed by atoms with Crippen molar-refractivity contribution in [2.45, 2.75) is 24.4 Å². The third-order valence-electron chi connectivity index (χ3n) is 3.77. The largest absolute Gasteiger partial charge is 0.372 e. The van der Waals surface area contributed by atoms with Crippen LogP contribution in [0.2, 0.25) is 0 Å². The number of nitrogens with one attached hydrogen (secondary N) is 2. The maximum atomic E-state index is 11.6. The molecule has 1 aromatic heterocycles. The Bertz CT molecular complexity index is 677. The first-order chi connectivity index (χ1) is 10.7. The fraction of sp³-hybridized carbons (Fsp3) is 0.375. The first-order valence-electron chi connectivity index (χ1n) is 7.52. The molecule has 0 spiro atoms. The highest BCUT2D eigenvalue weighted by molar-refractivity contribution is 7.98. The predicted molar refractivity (Wildman–Crippen MR) is 92.4 cm³/mol. The Morgan fingerprint density at radius 2 is 1.91 bits per heavy atom. The fourth-order valence-corrected chi connectivity index (χ4v) is 3.04. The zero-order chi connectivity index (χ0) is 15.4. The SMILES string of the molecule is CSc1nc(Nc2ccc(N3CCCCC3)cc2)cc(=O)[nH]1. The van der Waals surface area contributed by atoms with Gasteiger partial charge in [0.2, 0.25) is 0 Å². The number of hydrogen-bond donors (Lipinski definition) is 2. The standard InChI is InChI=1S/C16H20N4OS/c1-22-16-18-14(11-15(21)19-16)17-12-5-7-13(8-6-12)20-9-3-2-4-10-20/h5-8,11H,2-4,9-10H2,1H3,(H2,17,18,19,21). The lowest BCUT2D eigenvalue weighted by Gasteiger charge is -2.28. The molecule has 3 rings (SSSR count). The van der Waals surface area contributed by atoms with Crippen LogP contribution in [0.5, 0.6) is 0 Å². The summed E-state index contributed by atoms with van der Waals surface area (Å²) >= 11 is 1.42. The zero-order valence-corrected chi connectivity index (χ0v) is 13.4. The van der Waals surface area contributed by atoms with Gasteiger partial charge in [0.25, 0.3) is 5.56 Å². The summed E-state index contributed by atoms with van der Waals surface area (Å²) in [6.07, 6.45) is 5.76. The van der Waals surface area contributed by atoms with Gasteiger partial charge in [0.15, 0.2) is 5.16 Å². The van der Waals surface area contributed by atoms with E-state index in [9.17, 15) is 4.79 Å². The molecule has 0 unspecified atom stereocenters. The van der Waals surface area contributed by atoms with E-state index in [0.717, 1.165) is 18.8 Å². The smallest absolute Gasteiger partial charge is 0.253 e. The van der Waals surface area contributed by atoms with Crippen molar-refractivity contribution < 1.29 is 0 Å². The van der Waals surface area contributed by atoms with Crippen LogP contribution in [0.3, 0.4) is 0 Å². The van der Waals surface area contributed by atoms with Crippen molar-refractivity contribution in [1.82, 2.24) is 9.97 Å². The number of thioether (sulfide) groups is 1. The molecule has 0 aliphatic carbocycles. The summed E-state index contributed by atoms with van der Waals surface area (Å²) in [6.45, 7) is 2.28. The summed E-state index contributed by atoms with van der Waals surface area (Å²) in [6, 6.07) is 9.78. The van der Waals surface area contributed by atoms with E-state index in [-0.39, 0.29) is 5.56 Å². The monoisotopic (exact) mass is 316 g/mol. The van der Waals surface area contributed by atoms with Crippen molar-refractivity contribution in [3.8, 4) is 0 Å². The summed E-state index contributed by atoms with van der Waals surface area (Å²) in [4.78, 5) is 21.0. The Morgan fingerprint density at radius 3 is 2.59 bits per heavy atom. The molecule has 22 heavy (non-hydrogen) atoms. The molecule has 0 atom stereocenters. The molecule has 1 aromatic carbocycles. The number of piperidine rings is 1. The van der Waals surface area contributed by atoms with E-state index in [4.69, 9.17) is 0 Å². The Kier molecular flexibility index (Phi) is 4.68. The van der Waals surface area contributed by atoms with Crippen molar-refractivity contribution in [3.05, 3.63) is 40.7 Å². The molecule has 0 radical (unpaired) electrons. The van der Waals surface area contributed by atoms with Crippen molar-refractivity contribution in [2.75, 3.05) is 29.6 Å². The highest BCUT2D eigenvalue weighted by Gasteiger charge is 2.10. The van der Waals surface area contributed by atoms with Gasteiger partial charge in [-0.3, -0.25) is 4.79 Å². The fourth-order valence-electron chi connectivity index (χ4n) is 2.65. The lowest BCUT2D eigenvalue weighted by molar-refractivity contribution is 0.578. The van der Waals surface area contributed by atoms with Gasteiger partial charge < -0.3 is 15.2 Å². The van der Waals surface area contributed by atoms with Gasteiger partial charge in [0.1, 0.15) is 5.82 Å². The summed E-state index contributed by atoms with van der Waals surface area (Å²) in [5, 5.41) is 3.80. The van der Waals surface area contributed by atoms with Crippen LogP contribution in [0.15, 0.2) is 40.3 Å². The van der Waals surface area contributed by atoms with Crippen molar-refractivity contribution in [1.29, 1.82) is 0 Å². The number of benzene rings is 1. The topological polar surface area (TPSA) is 61.0 Å². The first kappa shape index (κ1) is 15.0. The molecule has 5 nitrogen and oxygen atoms in total. The quantitative estimate of drug-likeness (QED) is 0.670. The minimum atomic E-state index is -0.146. The van der Waals surface area contributed by atoms with Crippen LogP contribution in [0, 0.1) is 0 Å². The maximum Gasteiger partial charge on any atom is 0.253 e. The molecule has 116 valence electrons. The average molecular weight is 316 g/mol. The average Bonchev–Trinajstić information content (AvgIpc) is 2.56. The van der Waals surface area contributed by atoms with Crippen LogP contribution in [-0.2, 0) is 0 Å². The second kappa shape index (κ2) is 6.87. The molecule has 1 aliphatic rings. The zero-order valence-electron chi connectivity index (χ0n) is 12.6. The summed E-state index contributed by atoms with van der Waals surface area (Å²) in [5.74, 6) is 0.568. The van der Waals surface area contributed by atoms with E-state index in [2.05, 4.69) is 32.3 Å². The number of rotatable bonds is 4. The summed E-state index contributed by atoms with van der Waals surface area (Å²) in [7, 11) is 0. The van der Waals surface area contributed by atoms with Gasteiger partial charge in [-0.1, -0.05) is 11.8 Å². The van der Waals surface area contributed by atoms with E-state index < -0.39 is 0 Å². The number of nitrogens with zero attached hydrogens (tertiary/aromatic N) is 2. The number of aromatic amines is 1. The predicted octanol–water partition coefficient (Wildman–Crippen LogP) is 3.23. The minimum Gasteiger partial charge on any atom is -0.372 e. The van der Waals surface area contributed by atoms with Crippen LogP contribution in [0.25, 0.3) is 0 Å². The molecule has 0 saturated carbocycles. The molecule has 2 N–H and O–H groups in total. The molecule has 2 heterocycles. The highest BCUT2D eigenvalue weighted by Crippen LogP contribution is 2.23. The lowest BCUT2D eigenvalue weighted by Crippen LogP contribution is -2.29. The molecule has 6 heteroatoms. The Labute approximate surface area is 134 Å². The second-order valence-corrected chi connectivity index (χ2v) is 6.15. The summed E-state index contributed by atoms with van der Waals surface area (Å²) < 4.78 is 0. The normalized spacial score (nSPS) is 14.9. The number of aromatic nitrogens is 2. The highest BCUT2D eigenvalue weighted by atomic mass is 32.2. The molecular weight excluding hydrogens is 296 g/mol. The summed E-state index contributed by atoms with van der Waals surface area (Å²) in [5.41, 5.74) is 2.05. The molecule has 0 amide bonds. The van der Waals surface area contributed by atoms with E-state index in [1.165, 1.54) is 42.8 Å². The van der Waals surface area contributed by atoms with E-state index in [1.807, 2.05) is 18.4 Å². The van der Waals surface area contributed by atoms with Gasteiger partial charge in [0.05, 0.1) is 0 Å². The molecule has 2 aromatic rings. The van der Waals surface area contributed by atoms with Gasteiger partial charge >= 0.3 is 0 Å². The van der Waals surface area contributed by atoms with Crippen molar-refractivity contribution in [3.63, 3.8) is 0 Å². The number of H-pyrrole nitrogens is 1. The third kappa shape index (κ3) is 3.62. The lowest BCUT2D eigenvalue weighted by atomic mass is 10.1. The maximum absolute atomic E-state index is 11.6. The van der Waals surface area contributed by atoms with Crippen LogP contribution in [-0.4, -0.2) is 29.3 Å².